The van der Waals surface area contributed by atoms with E-state index in [2.05, 4.69) is 74.1 Å². The average Bonchev–Trinajstić information content (AvgIpc) is 2.80. The number of aryl methyl sites for hydroxylation is 2. The van der Waals surface area contributed by atoms with Crippen LogP contribution in [0.2, 0.25) is 0 Å². The number of nitrogens with one attached hydrogen (secondary N) is 2. The molecule has 118 valence electrons. The molecule has 1 aromatic carbocycles. The van der Waals surface area contributed by atoms with Crippen molar-refractivity contribution in [2.24, 2.45) is 0 Å². The maximum absolute atomic E-state index is 3.33. The second kappa shape index (κ2) is 9.59. The highest BCUT2D eigenvalue weighted by atomic mass is 15.1. The molecule has 0 aliphatic rings. The van der Waals surface area contributed by atoms with Gasteiger partial charge < -0.3 is 15.2 Å². The largest absolute Gasteiger partial charge is 0.358 e. The van der Waals surface area contributed by atoms with Crippen LogP contribution in [0.5, 0.6) is 0 Å². The zero-order valence-corrected chi connectivity index (χ0v) is 14.3. The lowest BCUT2D eigenvalue weighted by molar-refractivity contribution is 0.303. The van der Waals surface area contributed by atoms with E-state index in [1.54, 1.807) is 0 Å². The molecule has 0 atom stereocenters. The molecule has 0 saturated carbocycles. The van der Waals surface area contributed by atoms with Gasteiger partial charge in [0.1, 0.15) is 0 Å². The number of hydrogen-bond acceptors (Lipinski definition) is 2. The van der Waals surface area contributed by atoms with Crippen molar-refractivity contribution in [2.75, 3.05) is 32.7 Å². The molecule has 0 aliphatic heterocycles. The van der Waals surface area contributed by atoms with Crippen LogP contribution in [0.25, 0.3) is 10.9 Å². The van der Waals surface area contributed by atoms with Gasteiger partial charge in [0.15, 0.2) is 0 Å². The molecule has 2 N–H and O–H groups in total. The minimum atomic E-state index is 1.08. The summed E-state index contributed by atoms with van der Waals surface area (Å²) in [5.41, 5.74) is 3.87. The summed E-state index contributed by atoms with van der Waals surface area (Å²) in [6.07, 6.45) is 0. The van der Waals surface area contributed by atoms with Gasteiger partial charge in [-0.1, -0.05) is 39.0 Å². The third kappa shape index (κ3) is 5.52. The molecule has 0 unspecified atom stereocenters. The maximum Gasteiger partial charge on any atom is 0.0458 e. The summed E-state index contributed by atoms with van der Waals surface area (Å²) in [6.45, 7) is 16.5. The lowest BCUT2D eigenvalue weighted by Gasteiger charge is -2.17. The Kier molecular flexibility index (Phi) is 8.09. The Labute approximate surface area is 129 Å². The standard InChI is InChI=1S/C10H11N.C8H20N2/c1-7-8(2)11-10-6-4-3-5-9(7)10;1-4-9-7-8-10(5-2)6-3/h3-6,11H,1-2H3;9H,4-8H2,1-3H3. The highest BCUT2D eigenvalue weighted by Crippen LogP contribution is 2.19. The van der Waals surface area contributed by atoms with Crippen molar-refractivity contribution in [3.63, 3.8) is 0 Å². The fraction of sp³-hybridized carbons (Fsp3) is 0.556. The van der Waals surface area contributed by atoms with Gasteiger partial charge in [0.25, 0.3) is 0 Å². The molecule has 3 heteroatoms. The third-order valence-corrected chi connectivity index (χ3v) is 3.96. The van der Waals surface area contributed by atoms with Gasteiger partial charge in [-0.3, -0.25) is 0 Å². The molecule has 0 radical (unpaired) electrons. The second-order valence-electron chi connectivity index (χ2n) is 5.30. The summed E-state index contributed by atoms with van der Waals surface area (Å²) in [5.74, 6) is 0. The summed E-state index contributed by atoms with van der Waals surface area (Å²) in [4.78, 5) is 5.75. The van der Waals surface area contributed by atoms with E-state index in [0.717, 1.165) is 13.1 Å². The van der Waals surface area contributed by atoms with E-state index in [9.17, 15) is 0 Å². The van der Waals surface area contributed by atoms with Crippen molar-refractivity contribution in [3.05, 3.63) is 35.5 Å². The fourth-order valence-corrected chi connectivity index (χ4v) is 2.37. The predicted molar refractivity (Wildman–Crippen MR) is 94.1 cm³/mol. The van der Waals surface area contributed by atoms with Gasteiger partial charge in [-0.25, -0.2) is 0 Å². The summed E-state index contributed by atoms with van der Waals surface area (Å²) < 4.78 is 0. The lowest BCUT2D eigenvalue weighted by Crippen LogP contribution is -2.31. The number of H-pyrrole nitrogens is 1. The Morgan fingerprint density at radius 3 is 2.29 bits per heavy atom. The van der Waals surface area contributed by atoms with E-state index in [0.29, 0.717) is 0 Å². The van der Waals surface area contributed by atoms with E-state index < -0.39 is 0 Å². The van der Waals surface area contributed by atoms with Crippen LogP contribution < -0.4 is 5.32 Å². The van der Waals surface area contributed by atoms with Crippen LogP contribution in [0.15, 0.2) is 24.3 Å². The van der Waals surface area contributed by atoms with Crippen molar-refractivity contribution in [3.8, 4) is 0 Å². The first-order chi connectivity index (χ1) is 10.1. The predicted octanol–water partition coefficient (Wildman–Crippen LogP) is 3.72. The van der Waals surface area contributed by atoms with E-state index in [1.165, 1.54) is 41.8 Å². The topological polar surface area (TPSA) is 31.1 Å². The first-order valence-corrected chi connectivity index (χ1v) is 8.10. The Morgan fingerprint density at radius 1 is 1.05 bits per heavy atom. The molecule has 0 spiro atoms. The van der Waals surface area contributed by atoms with E-state index in [-0.39, 0.29) is 0 Å². The van der Waals surface area contributed by atoms with Gasteiger partial charge in [-0.05, 0) is 45.1 Å². The van der Waals surface area contributed by atoms with E-state index in [1.807, 2.05) is 0 Å². The number of likely N-dealkylation sites (N-methyl/N-ethyl adjacent to an activating group) is 2. The zero-order chi connectivity index (χ0) is 15.7. The Hall–Kier alpha value is -1.32. The van der Waals surface area contributed by atoms with E-state index in [4.69, 9.17) is 0 Å². The van der Waals surface area contributed by atoms with Gasteiger partial charge in [-0.15, -0.1) is 0 Å². The highest BCUT2D eigenvalue weighted by molar-refractivity contribution is 5.84. The van der Waals surface area contributed by atoms with Crippen LogP contribution in [-0.2, 0) is 0 Å². The number of benzene rings is 1. The van der Waals surface area contributed by atoms with Gasteiger partial charge in [0.05, 0.1) is 0 Å². The summed E-state index contributed by atoms with van der Waals surface area (Å²) in [6, 6.07) is 8.38. The normalized spacial score (nSPS) is 10.8. The van der Waals surface area contributed by atoms with Gasteiger partial charge in [0.2, 0.25) is 0 Å². The number of rotatable bonds is 6. The molecule has 1 aromatic heterocycles. The summed E-state index contributed by atoms with van der Waals surface area (Å²) in [7, 11) is 0. The Bertz CT molecular complexity index is 512. The van der Waals surface area contributed by atoms with E-state index >= 15 is 0 Å². The molecule has 0 bridgehead atoms. The monoisotopic (exact) mass is 289 g/mol. The molecule has 2 aromatic rings. The minimum absolute atomic E-state index is 1.08. The van der Waals surface area contributed by atoms with Crippen LogP contribution >= 0.6 is 0 Å². The van der Waals surface area contributed by atoms with Crippen LogP contribution in [-0.4, -0.2) is 42.6 Å². The molecule has 0 amide bonds. The second-order valence-corrected chi connectivity index (χ2v) is 5.30. The molecule has 0 fully saturated rings. The van der Waals surface area contributed by atoms with Crippen LogP contribution in [0, 0.1) is 13.8 Å². The first-order valence-electron chi connectivity index (χ1n) is 8.10. The number of aromatic nitrogens is 1. The fourth-order valence-electron chi connectivity index (χ4n) is 2.37. The molecule has 1 heterocycles. The Morgan fingerprint density at radius 2 is 1.71 bits per heavy atom. The van der Waals surface area contributed by atoms with Crippen LogP contribution in [0.1, 0.15) is 32.0 Å². The Balaban J connectivity index is 0.000000212. The highest BCUT2D eigenvalue weighted by Gasteiger charge is 2.00. The van der Waals surface area contributed by atoms with Crippen molar-refractivity contribution < 1.29 is 0 Å². The quantitative estimate of drug-likeness (QED) is 0.794. The first kappa shape index (κ1) is 17.7. The van der Waals surface area contributed by atoms with Crippen molar-refractivity contribution in [1.82, 2.24) is 15.2 Å². The smallest absolute Gasteiger partial charge is 0.0458 e. The summed E-state index contributed by atoms with van der Waals surface area (Å²) >= 11 is 0. The average molecular weight is 289 g/mol. The number of aromatic amines is 1. The molecule has 21 heavy (non-hydrogen) atoms. The molecule has 0 saturated heterocycles. The maximum atomic E-state index is 3.33. The van der Waals surface area contributed by atoms with Crippen molar-refractivity contribution in [1.29, 1.82) is 0 Å². The molecular formula is C18H31N3. The van der Waals surface area contributed by atoms with Crippen molar-refractivity contribution in [2.45, 2.75) is 34.6 Å². The number of nitrogens with zero attached hydrogens (tertiary/aromatic N) is 1. The van der Waals surface area contributed by atoms with Crippen molar-refractivity contribution >= 4 is 10.9 Å². The lowest BCUT2D eigenvalue weighted by atomic mass is 10.2. The van der Waals surface area contributed by atoms with Crippen LogP contribution in [0.4, 0.5) is 0 Å². The van der Waals surface area contributed by atoms with Crippen LogP contribution in [0.3, 0.4) is 0 Å². The third-order valence-electron chi connectivity index (χ3n) is 3.96. The molecule has 3 nitrogen and oxygen atoms in total. The SMILES string of the molecule is CCNCCN(CC)CC.Cc1[nH]c2ccccc2c1C. The molecule has 2 rings (SSSR count). The van der Waals surface area contributed by atoms with Gasteiger partial charge in [0, 0.05) is 29.7 Å². The summed E-state index contributed by atoms with van der Waals surface area (Å²) in [5, 5.41) is 4.64. The minimum Gasteiger partial charge on any atom is -0.358 e. The number of para-hydroxylation sites is 1. The zero-order valence-electron chi connectivity index (χ0n) is 14.3. The number of hydrogen-bond donors (Lipinski definition) is 2. The molecular weight excluding hydrogens is 258 g/mol. The number of fused-ring (bicyclic) bond motifs is 1. The van der Waals surface area contributed by atoms with Gasteiger partial charge in [-0.2, -0.15) is 0 Å². The van der Waals surface area contributed by atoms with Gasteiger partial charge >= 0.3 is 0 Å². The molecule has 0 aliphatic carbocycles.